The molecule has 4 amide bonds. The van der Waals surface area contributed by atoms with Crippen molar-refractivity contribution in [1.82, 2.24) is 35.2 Å². The number of nitrogens with one attached hydrogen (secondary N) is 2. The first kappa shape index (κ1) is 38.8. The molecule has 1 saturated carbocycles. The van der Waals surface area contributed by atoms with Gasteiger partial charge in [0.1, 0.15) is 22.9 Å². The Balaban J connectivity index is 0.779. The minimum Gasteiger partial charge on any atom is -0.355 e. The normalized spacial score (nSPS) is 22.0. The average Bonchev–Trinajstić information content (AvgIpc) is 3.82. The summed E-state index contributed by atoms with van der Waals surface area (Å²) in [7, 11) is 0. The zero-order chi connectivity index (χ0) is 40.3. The Morgan fingerprint density at radius 2 is 1.74 bits per heavy atom. The molecule has 12 nitrogen and oxygen atoms in total. The number of hydrogen-bond acceptors (Lipinski definition) is 9. The second-order valence-corrected chi connectivity index (χ2v) is 18.5. The van der Waals surface area contributed by atoms with Gasteiger partial charge in [0.05, 0.1) is 12.1 Å². The van der Waals surface area contributed by atoms with Gasteiger partial charge in [0.25, 0.3) is 5.91 Å². The average molecular weight is 821 g/mol. The van der Waals surface area contributed by atoms with Crippen molar-refractivity contribution in [3.8, 4) is 5.00 Å². The number of carbonyl (C=O) groups is 4. The molecule has 4 aromatic rings. The highest BCUT2D eigenvalue weighted by Crippen LogP contribution is 2.49. The molecule has 4 aliphatic heterocycles. The first-order valence-corrected chi connectivity index (χ1v) is 21.8. The molecule has 6 heterocycles. The van der Waals surface area contributed by atoms with Gasteiger partial charge in [0, 0.05) is 52.6 Å². The molecule has 2 N–H and O–H groups in total. The van der Waals surface area contributed by atoms with Crippen LogP contribution < -0.4 is 10.6 Å². The highest BCUT2D eigenvalue weighted by Gasteiger charge is 2.41. The molecule has 2 aromatic heterocycles. The molecule has 0 radical (unpaired) electrons. The lowest BCUT2D eigenvalue weighted by Crippen LogP contribution is -2.52. The molecule has 58 heavy (non-hydrogen) atoms. The fourth-order valence-corrected chi connectivity index (χ4v) is 11.2. The van der Waals surface area contributed by atoms with Gasteiger partial charge >= 0.3 is 0 Å². The van der Waals surface area contributed by atoms with E-state index < -0.39 is 12.1 Å². The van der Waals surface area contributed by atoms with Gasteiger partial charge in [-0.2, -0.15) is 0 Å². The van der Waals surface area contributed by atoms with Gasteiger partial charge in [-0.25, -0.2) is 0 Å². The summed E-state index contributed by atoms with van der Waals surface area (Å²) in [6, 6.07) is 12.9. The number of amides is 4. The number of nitrogens with zero attached hydrogens (tertiary/aromatic N) is 6. The molecule has 2 aromatic carbocycles. The predicted molar refractivity (Wildman–Crippen MR) is 223 cm³/mol. The predicted octanol–water partition coefficient (Wildman–Crippen LogP) is 6.51. The van der Waals surface area contributed by atoms with Crippen LogP contribution in [0.3, 0.4) is 0 Å². The zero-order valence-electron chi connectivity index (χ0n) is 33.3. The van der Waals surface area contributed by atoms with Crippen LogP contribution in [-0.4, -0.2) is 86.1 Å². The second kappa shape index (κ2) is 15.5. The van der Waals surface area contributed by atoms with Gasteiger partial charge in [-0.05, 0) is 125 Å². The Morgan fingerprint density at radius 1 is 0.983 bits per heavy atom. The molecule has 0 bridgehead atoms. The highest BCUT2D eigenvalue weighted by molar-refractivity contribution is 7.15. The maximum atomic E-state index is 13.6. The van der Waals surface area contributed by atoms with Gasteiger partial charge in [-0.1, -0.05) is 35.9 Å². The summed E-state index contributed by atoms with van der Waals surface area (Å²) in [6.45, 7) is 10.0. The van der Waals surface area contributed by atoms with E-state index in [1.165, 1.54) is 23.3 Å². The Hall–Kier alpha value is -4.72. The Kier molecular flexibility index (Phi) is 10.3. The van der Waals surface area contributed by atoms with Crippen molar-refractivity contribution in [2.45, 2.75) is 103 Å². The molecule has 2 atom stereocenters. The second-order valence-electron chi connectivity index (χ2n) is 16.9. The molecule has 1 unspecified atom stereocenters. The standard InChI is InChI=1S/C44H49ClN8O4S/c1-25-26(2)58-43-38(25)39(29-4-7-32(45)8-5-29)47-34(40-50-49-27(3)53(40)43)23-37(55)46-18-21-51-19-16-44(17-20-51)14-12-28(13-15-44)30-6-9-33-31(22-30)24-52(42(33)57)35-10-11-36(54)48-41(35)56/h4-9,22,28,34-35H,10-21,23-24H2,1-3H3,(H,46,55)(H,48,54,56)/t34-,35?/m0/s1. The summed E-state index contributed by atoms with van der Waals surface area (Å²) >= 11 is 7.97. The third kappa shape index (κ3) is 7.19. The lowest BCUT2D eigenvalue weighted by atomic mass is 9.64. The fraction of sp³-hybridized carbons (Fsp3) is 0.477. The van der Waals surface area contributed by atoms with Crippen LogP contribution in [0.15, 0.2) is 47.5 Å². The zero-order valence-corrected chi connectivity index (χ0v) is 34.8. The molecule has 5 aliphatic rings. The number of benzene rings is 2. The number of imide groups is 1. The van der Waals surface area contributed by atoms with E-state index in [-0.39, 0.29) is 36.5 Å². The van der Waals surface area contributed by atoms with Crippen LogP contribution in [-0.2, 0) is 20.9 Å². The first-order chi connectivity index (χ1) is 28.0. The lowest BCUT2D eigenvalue weighted by Gasteiger charge is -2.46. The van der Waals surface area contributed by atoms with Crippen molar-refractivity contribution in [2.75, 3.05) is 26.2 Å². The van der Waals surface area contributed by atoms with E-state index in [0.29, 0.717) is 47.3 Å². The van der Waals surface area contributed by atoms with E-state index in [4.69, 9.17) is 16.6 Å². The molecule has 9 rings (SSSR count). The maximum absolute atomic E-state index is 13.6. The minimum atomic E-state index is -0.591. The van der Waals surface area contributed by atoms with Crippen LogP contribution in [0.1, 0.15) is 124 Å². The molecule has 14 heteroatoms. The maximum Gasteiger partial charge on any atom is 0.255 e. The summed E-state index contributed by atoms with van der Waals surface area (Å²) in [5, 5.41) is 16.2. The van der Waals surface area contributed by atoms with E-state index >= 15 is 0 Å². The van der Waals surface area contributed by atoms with Gasteiger partial charge < -0.3 is 15.1 Å². The quantitative estimate of drug-likeness (QED) is 0.193. The number of aliphatic imine (C=N–C) groups is 1. The summed E-state index contributed by atoms with van der Waals surface area (Å²) in [5.41, 5.74) is 7.30. The lowest BCUT2D eigenvalue weighted by molar-refractivity contribution is -0.137. The monoisotopic (exact) mass is 820 g/mol. The van der Waals surface area contributed by atoms with Crippen molar-refractivity contribution in [3.63, 3.8) is 0 Å². The van der Waals surface area contributed by atoms with Gasteiger partial charge in [-0.15, -0.1) is 21.5 Å². The largest absolute Gasteiger partial charge is 0.355 e. The molecule has 3 fully saturated rings. The number of thiophene rings is 1. The van der Waals surface area contributed by atoms with Crippen LogP contribution >= 0.6 is 22.9 Å². The number of aryl methyl sites for hydroxylation is 2. The van der Waals surface area contributed by atoms with Gasteiger partial charge in [0.2, 0.25) is 17.7 Å². The number of aromatic nitrogens is 3. The van der Waals surface area contributed by atoms with Crippen LogP contribution in [0.4, 0.5) is 0 Å². The summed E-state index contributed by atoms with van der Waals surface area (Å²) < 4.78 is 2.08. The van der Waals surface area contributed by atoms with Crippen LogP contribution in [0.5, 0.6) is 0 Å². The van der Waals surface area contributed by atoms with E-state index in [1.54, 1.807) is 16.2 Å². The number of hydrogen-bond donors (Lipinski definition) is 2. The Bertz CT molecular complexity index is 2330. The molecule has 1 spiro atoms. The summed E-state index contributed by atoms with van der Waals surface area (Å²) in [5.74, 6) is 1.09. The fourth-order valence-electron chi connectivity index (χ4n) is 9.90. The number of fused-ring (bicyclic) bond motifs is 4. The molecular formula is C44H49ClN8O4S. The number of likely N-dealkylation sites (tertiary alicyclic amines) is 1. The number of carbonyl (C=O) groups excluding carboxylic acids is 4. The number of halogens is 1. The summed E-state index contributed by atoms with van der Waals surface area (Å²) in [4.78, 5) is 61.5. The third-order valence-electron chi connectivity index (χ3n) is 13.5. The van der Waals surface area contributed by atoms with Crippen molar-refractivity contribution in [1.29, 1.82) is 0 Å². The van der Waals surface area contributed by atoms with Crippen molar-refractivity contribution >= 4 is 52.3 Å². The van der Waals surface area contributed by atoms with Crippen molar-refractivity contribution in [3.05, 3.63) is 97.4 Å². The molecule has 1 aliphatic carbocycles. The highest BCUT2D eigenvalue weighted by atomic mass is 35.5. The topological polar surface area (TPSA) is 142 Å². The van der Waals surface area contributed by atoms with Crippen molar-refractivity contribution < 1.29 is 19.2 Å². The first-order valence-electron chi connectivity index (χ1n) is 20.6. The van der Waals surface area contributed by atoms with Gasteiger partial charge in [0.15, 0.2) is 5.82 Å². The van der Waals surface area contributed by atoms with E-state index in [9.17, 15) is 19.2 Å². The smallest absolute Gasteiger partial charge is 0.255 e. The van der Waals surface area contributed by atoms with Crippen LogP contribution in [0.25, 0.3) is 5.00 Å². The Labute approximate surface area is 347 Å². The van der Waals surface area contributed by atoms with E-state index in [1.807, 2.05) is 37.3 Å². The number of rotatable bonds is 8. The SMILES string of the molecule is Cc1sc2c(c1C)C(c1ccc(Cl)cc1)=N[C@@H](CC(=O)NCCN1CCC3(CCC(c4ccc5c(c4)CN(C4CCC(=O)NC4=O)C5=O)CC3)CC1)c1nnc(C)n1-2. The molecule has 2 saturated heterocycles. The van der Waals surface area contributed by atoms with Gasteiger partial charge in [-0.3, -0.25) is 34.1 Å². The Morgan fingerprint density at radius 3 is 2.48 bits per heavy atom. The third-order valence-corrected chi connectivity index (χ3v) is 14.9. The van der Waals surface area contributed by atoms with E-state index in [2.05, 4.69) is 56.3 Å². The van der Waals surface area contributed by atoms with Crippen molar-refractivity contribution in [2.24, 2.45) is 10.4 Å². The van der Waals surface area contributed by atoms with Crippen LogP contribution in [0, 0.1) is 26.2 Å². The minimum absolute atomic E-state index is 0.0547. The summed E-state index contributed by atoms with van der Waals surface area (Å²) in [6.07, 6.45) is 7.76. The molecule has 302 valence electrons. The van der Waals surface area contributed by atoms with Crippen LogP contribution in [0.2, 0.25) is 5.02 Å². The van der Waals surface area contributed by atoms with E-state index in [0.717, 1.165) is 84.1 Å². The molecular weight excluding hydrogens is 772 g/mol. The number of piperidine rings is 2.